The molecule has 2 aliphatic rings. The fourth-order valence-corrected chi connectivity index (χ4v) is 7.54. The number of esters is 1. The van der Waals surface area contributed by atoms with E-state index in [1.54, 1.807) is 0 Å². The van der Waals surface area contributed by atoms with Crippen molar-refractivity contribution >= 4 is 5.97 Å². The standard InChI is InChI=1S/C57H92O14/c1-3-5-7-9-11-13-15-17-19-21-22-23-24-25-26-28-30-32-34-36-38-40-49(59)69-46(43-66-41-39-37-35-33-31-29-27-20-18-16-14-12-10-8-6-4-2)44-67-56-55(65)53(63)51(61)48(71-56)45-68-57-54(64)52(62)50(60)47(42-58)70-57/h5-8,11-14,17-20,22-23,25-26,30,32,46-48,50-58,60-65H,3-4,9-10,15-16,21,24,27-29,31,33-45H2,1-2H3/b7-5-,8-6-,13-11-,14-12-,19-17-,20-18-,23-22-,26-25-,32-30-. The second-order valence-corrected chi connectivity index (χ2v) is 17.9. The van der Waals surface area contributed by atoms with Gasteiger partial charge in [-0.2, -0.15) is 0 Å². The minimum atomic E-state index is -1.72. The number of hydrogen-bond acceptors (Lipinski definition) is 14. The highest BCUT2D eigenvalue weighted by atomic mass is 16.7. The van der Waals surface area contributed by atoms with Gasteiger partial charge in [-0.3, -0.25) is 4.79 Å². The molecule has 2 aliphatic heterocycles. The predicted molar refractivity (Wildman–Crippen MR) is 279 cm³/mol. The first-order valence-corrected chi connectivity index (χ1v) is 26.5. The van der Waals surface area contributed by atoms with Crippen LogP contribution in [0, 0.1) is 0 Å². The second-order valence-electron chi connectivity index (χ2n) is 17.9. The first kappa shape index (κ1) is 63.8. The van der Waals surface area contributed by atoms with E-state index in [4.69, 9.17) is 28.4 Å². The highest BCUT2D eigenvalue weighted by molar-refractivity contribution is 5.69. The summed E-state index contributed by atoms with van der Waals surface area (Å²) in [7, 11) is 0. The maximum atomic E-state index is 13.0. The summed E-state index contributed by atoms with van der Waals surface area (Å²) in [5.41, 5.74) is 0. The number of rotatable bonds is 40. The number of aliphatic hydroxyl groups excluding tert-OH is 7. The lowest BCUT2D eigenvalue weighted by molar-refractivity contribution is -0.332. The van der Waals surface area contributed by atoms with Crippen LogP contribution in [0.3, 0.4) is 0 Å². The first-order valence-electron chi connectivity index (χ1n) is 26.5. The van der Waals surface area contributed by atoms with Crippen LogP contribution >= 0.6 is 0 Å². The van der Waals surface area contributed by atoms with Crippen LogP contribution in [0.1, 0.15) is 142 Å². The fourth-order valence-electron chi connectivity index (χ4n) is 7.54. The Morgan fingerprint density at radius 3 is 1.37 bits per heavy atom. The third-order valence-electron chi connectivity index (χ3n) is 11.8. The minimum Gasteiger partial charge on any atom is -0.457 e. The van der Waals surface area contributed by atoms with Crippen LogP contribution in [-0.4, -0.2) is 142 Å². The molecule has 2 saturated heterocycles. The molecule has 404 valence electrons. The second kappa shape index (κ2) is 43.1. The van der Waals surface area contributed by atoms with Crippen molar-refractivity contribution in [3.63, 3.8) is 0 Å². The molecule has 2 heterocycles. The molecule has 0 radical (unpaired) electrons. The van der Waals surface area contributed by atoms with Crippen molar-refractivity contribution in [1.82, 2.24) is 0 Å². The van der Waals surface area contributed by atoms with Crippen molar-refractivity contribution in [2.24, 2.45) is 0 Å². The van der Waals surface area contributed by atoms with E-state index >= 15 is 0 Å². The van der Waals surface area contributed by atoms with Crippen LogP contribution in [0.5, 0.6) is 0 Å². The molecule has 0 aliphatic carbocycles. The van der Waals surface area contributed by atoms with Gasteiger partial charge >= 0.3 is 5.97 Å². The largest absolute Gasteiger partial charge is 0.457 e. The zero-order chi connectivity index (χ0) is 51.6. The number of ether oxygens (including phenoxy) is 6. The normalized spacial score (nSPS) is 26.2. The Morgan fingerprint density at radius 2 is 0.873 bits per heavy atom. The maximum Gasteiger partial charge on any atom is 0.306 e. The fraction of sp³-hybridized carbons (Fsp3) is 0.667. The molecule has 0 spiro atoms. The quantitative estimate of drug-likeness (QED) is 0.0175. The van der Waals surface area contributed by atoms with Crippen LogP contribution < -0.4 is 0 Å². The van der Waals surface area contributed by atoms with E-state index in [1.165, 1.54) is 6.42 Å². The Morgan fingerprint density at radius 1 is 0.465 bits per heavy atom. The number of unbranched alkanes of at least 4 members (excludes halogenated alkanes) is 8. The number of allylic oxidation sites excluding steroid dienone is 18. The summed E-state index contributed by atoms with van der Waals surface area (Å²) in [5.74, 6) is -0.428. The van der Waals surface area contributed by atoms with Crippen molar-refractivity contribution in [1.29, 1.82) is 0 Å². The summed E-state index contributed by atoms with van der Waals surface area (Å²) in [5, 5.41) is 72.2. The van der Waals surface area contributed by atoms with E-state index in [1.807, 2.05) is 0 Å². The molecule has 11 unspecified atom stereocenters. The summed E-state index contributed by atoms with van der Waals surface area (Å²) >= 11 is 0. The zero-order valence-electron chi connectivity index (χ0n) is 42.9. The van der Waals surface area contributed by atoms with E-state index in [-0.39, 0.29) is 19.6 Å². The Kier molecular flexibility index (Phi) is 38.7. The van der Waals surface area contributed by atoms with E-state index in [9.17, 15) is 40.5 Å². The number of carbonyl (C=O) groups is 1. The number of aliphatic hydroxyl groups is 7. The molecule has 0 saturated carbocycles. The number of hydrogen-bond donors (Lipinski definition) is 7. The Hall–Kier alpha value is -3.35. The lowest BCUT2D eigenvalue weighted by Gasteiger charge is -2.42. The van der Waals surface area contributed by atoms with Crippen LogP contribution in [-0.2, 0) is 33.2 Å². The molecule has 0 aromatic heterocycles. The molecule has 14 nitrogen and oxygen atoms in total. The number of carbonyl (C=O) groups excluding carboxylic acids is 1. The van der Waals surface area contributed by atoms with Crippen LogP contribution in [0.25, 0.3) is 0 Å². The van der Waals surface area contributed by atoms with Gasteiger partial charge in [0.05, 0.1) is 26.4 Å². The molecule has 11 atom stereocenters. The van der Waals surface area contributed by atoms with Gasteiger partial charge < -0.3 is 64.2 Å². The van der Waals surface area contributed by atoms with Gasteiger partial charge in [-0.05, 0) is 96.3 Å². The summed E-state index contributed by atoms with van der Waals surface area (Å²) in [6.45, 7) is 3.34. The Bertz CT molecular complexity index is 1580. The monoisotopic (exact) mass is 1000 g/mol. The van der Waals surface area contributed by atoms with Crippen LogP contribution in [0.15, 0.2) is 109 Å². The average molecular weight is 1000 g/mol. The van der Waals surface area contributed by atoms with E-state index in [0.717, 1.165) is 109 Å². The van der Waals surface area contributed by atoms with Gasteiger partial charge in [0.25, 0.3) is 0 Å². The zero-order valence-corrected chi connectivity index (χ0v) is 42.9. The smallest absolute Gasteiger partial charge is 0.306 e. The van der Waals surface area contributed by atoms with Gasteiger partial charge in [-0.25, -0.2) is 0 Å². The third-order valence-corrected chi connectivity index (χ3v) is 11.8. The molecule has 2 fully saturated rings. The van der Waals surface area contributed by atoms with Crippen molar-refractivity contribution in [3.8, 4) is 0 Å². The topological polar surface area (TPSA) is 214 Å². The summed E-state index contributed by atoms with van der Waals surface area (Å²) in [6, 6.07) is 0. The maximum absolute atomic E-state index is 13.0. The minimum absolute atomic E-state index is 0.0267. The molecule has 7 N–H and O–H groups in total. The Balaban J connectivity index is 1.79. The van der Waals surface area contributed by atoms with E-state index in [2.05, 4.69) is 123 Å². The van der Waals surface area contributed by atoms with Crippen LogP contribution in [0.4, 0.5) is 0 Å². The summed E-state index contributed by atoms with van der Waals surface area (Å²) in [4.78, 5) is 13.0. The lowest BCUT2D eigenvalue weighted by Crippen LogP contribution is -2.61. The molecule has 0 aromatic carbocycles. The van der Waals surface area contributed by atoms with Crippen molar-refractivity contribution < 1.29 is 69.0 Å². The van der Waals surface area contributed by atoms with E-state index < -0.39 is 86.7 Å². The third kappa shape index (κ3) is 30.4. The highest BCUT2D eigenvalue weighted by Gasteiger charge is 2.47. The SMILES string of the molecule is CC/C=C\C/C=C\C/C=C\C/C=C\C/C=C\C/C=C\CCCCC(=O)OC(COCCCCCCCC/C=C\C/C=C\C/C=C\CC)COC1OC(COC2OC(CO)C(O)C(O)C2O)C(O)C(O)C1O. The van der Waals surface area contributed by atoms with Gasteiger partial charge in [0.2, 0.25) is 0 Å². The molecule has 0 bridgehead atoms. The molecule has 14 heteroatoms. The molecular weight excluding hydrogens is 909 g/mol. The van der Waals surface area contributed by atoms with Gasteiger partial charge in [0.1, 0.15) is 54.9 Å². The van der Waals surface area contributed by atoms with Gasteiger partial charge in [-0.1, -0.05) is 149 Å². The predicted octanol–water partition coefficient (Wildman–Crippen LogP) is 8.40. The van der Waals surface area contributed by atoms with Crippen molar-refractivity contribution in [2.75, 3.05) is 33.0 Å². The summed E-state index contributed by atoms with van der Waals surface area (Å²) in [6.07, 6.45) is 41.5. The van der Waals surface area contributed by atoms with Gasteiger partial charge in [-0.15, -0.1) is 0 Å². The van der Waals surface area contributed by atoms with Crippen LogP contribution in [0.2, 0.25) is 0 Å². The molecule has 0 amide bonds. The van der Waals surface area contributed by atoms with Crippen molar-refractivity contribution in [3.05, 3.63) is 109 Å². The van der Waals surface area contributed by atoms with Gasteiger partial charge in [0, 0.05) is 13.0 Å². The average Bonchev–Trinajstić information content (AvgIpc) is 3.37. The molecule has 0 aromatic rings. The Labute approximate surface area is 425 Å². The first-order chi connectivity index (χ1) is 34.6. The van der Waals surface area contributed by atoms with E-state index in [0.29, 0.717) is 13.0 Å². The summed E-state index contributed by atoms with van der Waals surface area (Å²) < 4.78 is 34.2. The molecule has 71 heavy (non-hydrogen) atoms. The molecular formula is C57H92O14. The highest BCUT2D eigenvalue weighted by Crippen LogP contribution is 2.26. The van der Waals surface area contributed by atoms with Gasteiger partial charge in [0.15, 0.2) is 12.6 Å². The van der Waals surface area contributed by atoms with Crippen molar-refractivity contribution in [2.45, 2.75) is 210 Å². The lowest BCUT2D eigenvalue weighted by atomic mass is 9.98. The molecule has 2 rings (SSSR count).